The summed E-state index contributed by atoms with van der Waals surface area (Å²) >= 11 is 0. The van der Waals surface area contributed by atoms with Crippen LogP contribution in [0.25, 0.3) is 0 Å². The molecule has 0 aromatic heterocycles. The van der Waals surface area contributed by atoms with Gasteiger partial charge >= 0.3 is 5.97 Å². The summed E-state index contributed by atoms with van der Waals surface area (Å²) in [6, 6.07) is 0. The SMILES string of the molecule is C=CC=CCOC(C)=O. The fraction of sp³-hybridized carbons (Fsp3) is 0.286. The average molecular weight is 126 g/mol. The van der Waals surface area contributed by atoms with Gasteiger partial charge in [-0.25, -0.2) is 0 Å². The number of carbonyl (C=O) groups is 1. The van der Waals surface area contributed by atoms with Crippen molar-refractivity contribution in [2.45, 2.75) is 6.92 Å². The van der Waals surface area contributed by atoms with Crippen LogP contribution in [0.15, 0.2) is 24.8 Å². The molecular weight excluding hydrogens is 116 g/mol. The Morgan fingerprint density at radius 1 is 1.78 bits per heavy atom. The van der Waals surface area contributed by atoms with Crippen molar-refractivity contribution >= 4 is 5.97 Å². The Balaban J connectivity index is 3.19. The van der Waals surface area contributed by atoms with Crippen molar-refractivity contribution < 1.29 is 9.53 Å². The molecule has 0 aromatic rings. The van der Waals surface area contributed by atoms with Gasteiger partial charge < -0.3 is 4.74 Å². The summed E-state index contributed by atoms with van der Waals surface area (Å²) < 4.78 is 4.57. The van der Waals surface area contributed by atoms with Gasteiger partial charge in [0.1, 0.15) is 6.61 Å². The molecule has 0 bridgehead atoms. The van der Waals surface area contributed by atoms with Crippen LogP contribution in [0.3, 0.4) is 0 Å². The van der Waals surface area contributed by atoms with Crippen molar-refractivity contribution in [3.63, 3.8) is 0 Å². The van der Waals surface area contributed by atoms with E-state index in [0.717, 1.165) is 0 Å². The number of carbonyl (C=O) groups excluding carboxylic acids is 1. The van der Waals surface area contributed by atoms with Gasteiger partial charge in [0.25, 0.3) is 0 Å². The molecule has 0 saturated carbocycles. The van der Waals surface area contributed by atoms with E-state index >= 15 is 0 Å². The lowest BCUT2D eigenvalue weighted by molar-refractivity contribution is -0.139. The van der Waals surface area contributed by atoms with Crippen molar-refractivity contribution in [3.8, 4) is 0 Å². The third-order valence-corrected chi connectivity index (χ3v) is 0.655. The minimum Gasteiger partial charge on any atom is -0.462 e. The van der Waals surface area contributed by atoms with E-state index in [2.05, 4.69) is 11.3 Å². The molecule has 0 aliphatic heterocycles. The van der Waals surface area contributed by atoms with Crippen LogP contribution in [-0.4, -0.2) is 12.6 Å². The lowest BCUT2D eigenvalue weighted by Gasteiger charge is -1.92. The molecule has 0 aliphatic rings. The summed E-state index contributed by atoms with van der Waals surface area (Å²) in [6.45, 7) is 5.16. The van der Waals surface area contributed by atoms with Crippen LogP contribution in [0.4, 0.5) is 0 Å². The van der Waals surface area contributed by atoms with Crippen LogP contribution in [0.1, 0.15) is 6.92 Å². The summed E-state index contributed by atoms with van der Waals surface area (Å²) in [4.78, 5) is 10.1. The highest BCUT2D eigenvalue weighted by Gasteiger charge is 1.84. The number of allylic oxidation sites excluding steroid dienone is 2. The first-order valence-corrected chi connectivity index (χ1v) is 2.68. The Labute approximate surface area is 54.8 Å². The number of hydrogen-bond donors (Lipinski definition) is 0. The van der Waals surface area contributed by atoms with Crippen molar-refractivity contribution in [1.29, 1.82) is 0 Å². The summed E-state index contributed by atoms with van der Waals surface area (Å²) in [6.07, 6.45) is 5.07. The van der Waals surface area contributed by atoms with Crippen LogP contribution in [-0.2, 0) is 9.53 Å². The van der Waals surface area contributed by atoms with Gasteiger partial charge in [-0.3, -0.25) is 4.79 Å². The van der Waals surface area contributed by atoms with Crippen molar-refractivity contribution in [3.05, 3.63) is 24.8 Å². The maximum atomic E-state index is 10.1. The summed E-state index contributed by atoms with van der Waals surface area (Å²) in [5.41, 5.74) is 0. The van der Waals surface area contributed by atoms with E-state index in [-0.39, 0.29) is 5.97 Å². The fourth-order valence-electron chi connectivity index (χ4n) is 0.317. The zero-order valence-electron chi connectivity index (χ0n) is 5.46. The molecule has 0 rings (SSSR count). The van der Waals surface area contributed by atoms with E-state index in [1.165, 1.54) is 6.92 Å². The van der Waals surface area contributed by atoms with Gasteiger partial charge in [0.2, 0.25) is 0 Å². The van der Waals surface area contributed by atoms with Gasteiger partial charge in [-0.1, -0.05) is 18.7 Å². The van der Waals surface area contributed by atoms with Crippen molar-refractivity contribution in [1.82, 2.24) is 0 Å². The molecule has 50 valence electrons. The van der Waals surface area contributed by atoms with Crippen molar-refractivity contribution in [2.75, 3.05) is 6.61 Å². The lowest BCUT2D eigenvalue weighted by Crippen LogP contribution is -1.96. The van der Waals surface area contributed by atoms with Gasteiger partial charge in [0, 0.05) is 6.92 Å². The third kappa shape index (κ3) is 6.95. The molecule has 0 amide bonds. The maximum absolute atomic E-state index is 10.1. The second kappa shape index (κ2) is 5.09. The first-order chi connectivity index (χ1) is 4.27. The molecule has 0 fully saturated rings. The van der Waals surface area contributed by atoms with Crippen LogP contribution < -0.4 is 0 Å². The molecule has 0 radical (unpaired) electrons. The normalized spacial score (nSPS) is 9.44. The average Bonchev–Trinajstić information content (AvgIpc) is 1.80. The Morgan fingerprint density at radius 2 is 2.44 bits per heavy atom. The smallest absolute Gasteiger partial charge is 0.302 e. The number of ether oxygens (including phenoxy) is 1. The molecule has 9 heavy (non-hydrogen) atoms. The van der Waals surface area contributed by atoms with E-state index in [1.807, 2.05) is 0 Å². The van der Waals surface area contributed by atoms with E-state index in [1.54, 1.807) is 18.2 Å². The molecule has 0 aromatic carbocycles. The van der Waals surface area contributed by atoms with Crippen LogP contribution in [0, 0.1) is 0 Å². The summed E-state index contributed by atoms with van der Waals surface area (Å²) in [5.74, 6) is -0.260. The summed E-state index contributed by atoms with van der Waals surface area (Å²) in [5, 5.41) is 0. The molecule has 0 N–H and O–H groups in total. The topological polar surface area (TPSA) is 26.3 Å². The molecule has 2 heteroatoms. The quantitative estimate of drug-likeness (QED) is 0.420. The van der Waals surface area contributed by atoms with Gasteiger partial charge in [-0.15, -0.1) is 0 Å². The Hall–Kier alpha value is -1.05. The fourth-order valence-corrected chi connectivity index (χ4v) is 0.317. The number of rotatable bonds is 3. The van der Waals surface area contributed by atoms with Crippen LogP contribution >= 0.6 is 0 Å². The van der Waals surface area contributed by atoms with E-state index in [9.17, 15) is 4.79 Å². The number of esters is 1. The molecule has 0 spiro atoms. The predicted molar refractivity (Wildman–Crippen MR) is 36.0 cm³/mol. The largest absolute Gasteiger partial charge is 0.462 e. The van der Waals surface area contributed by atoms with Crippen molar-refractivity contribution in [2.24, 2.45) is 0 Å². The van der Waals surface area contributed by atoms with E-state index < -0.39 is 0 Å². The highest BCUT2D eigenvalue weighted by Crippen LogP contribution is 1.78. The van der Waals surface area contributed by atoms with Gasteiger partial charge in [0.05, 0.1) is 0 Å². The molecule has 0 heterocycles. The zero-order chi connectivity index (χ0) is 7.11. The minimum atomic E-state index is -0.260. The molecule has 0 aliphatic carbocycles. The second-order valence-corrected chi connectivity index (χ2v) is 1.47. The van der Waals surface area contributed by atoms with Gasteiger partial charge in [-0.05, 0) is 6.08 Å². The monoisotopic (exact) mass is 126 g/mol. The Kier molecular flexibility index (Phi) is 4.50. The Bertz CT molecular complexity index is 125. The lowest BCUT2D eigenvalue weighted by atomic mass is 10.5. The highest BCUT2D eigenvalue weighted by atomic mass is 16.5. The first-order valence-electron chi connectivity index (χ1n) is 2.68. The molecule has 0 saturated heterocycles. The standard InChI is InChI=1S/C7H10O2/c1-3-4-5-6-9-7(2)8/h3-5H,1,6H2,2H3. The summed E-state index contributed by atoms with van der Waals surface area (Å²) in [7, 11) is 0. The Morgan fingerprint density at radius 3 is 2.89 bits per heavy atom. The van der Waals surface area contributed by atoms with Crippen LogP contribution in [0.5, 0.6) is 0 Å². The third-order valence-electron chi connectivity index (χ3n) is 0.655. The molecule has 0 unspecified atom stereocenters. The van der Waals surface area contributed by atoms with E-state index in [4.69, 9.17) is 0 Å². The first kappa shape index (κ1) is 7.95. The molecular formula is C7H10O2. The van der Waals surface area contributed by atoms with Gasteiger partial charge in [0.15, 0.2) is 0 Å². The van der Waals surface area contributed by atoms with Gasteiger partial charge in [-0.2, -0.15) is 0 Å². The number of hydrogen-bond acceptors (Lipinski definition) is 2. The highest BCUT2D eigenvalue weighted by molar-refractivity contribution is 5.65. The predicted octanol–water partition coefficient (Wildman–Crippen LogP) is 1.29. The minimum absolute atomic E-state index is 0.260. The second-order valence-electron chi connectivity index (χ2n) is 1.47. The van der Waals surface area contributed by atoms with E-state index in [0.29, 0.717) is 6.61 Å². The van der Waals surface area contributed by atoms with Crippen LogP contribution in [0.2, 0.25) is 0 Å². The molecule has 2 nitrogen and oxygen atoms in total. The maximum Gasteiger partial charge on any atom is 0.302 e. The molecule has 0 atom stereocenters. The zero-order valence-corrected chi connectivity index (χ0v) is 5.46.